The fourth-order valence-electron chi connectivity index (χ4n) is 1.89. The molecule has 122 valence electrons. The van der Waals surface area contributed by atoms with E-state index in [0.717, 1.165) is 12.8 Å². The number of hydrogen-bond donors (Lipinski definition) is 2. The third-order valence-corrected chi connectivity index (χ3v) is 3.37. The number of carbonyl (C=O) groups is 1. The second-order valence-corrected chi connectivity index (χ2v) is 5.31. The molecule has 6 nitrogen and oxygen atoms in total. The monoisotopic (exact) mass is 334 g/mol. The lowest BCUT2D eigenvalue weighted by molar-refractivity contribution is 0.0952. The minimum absolute atomic E-state index is 0.176. The number of carbonyl (C=O) groups excluding carboxylic acids is 1. The van der Waals surface area contributed by atoms with Crippen LogP contribution in [0.4, 0.5) is 11.6 Å². The van der Waals surface area contributed by atoms with Crippen LogP contribution in [0, 0.1) is 0 Å². The Morgan fingerprint density at radius 3 is 2.70 bits per heavy atom. The summed E-state index contributed by atoms with van der Waals surface area (Å²) >= 11 is 5.98. The third-order valence-electron chi connectivity index (χ3n) is 3.14. The average Bonchev–Trinajstić information content (AvgIpc) is 2.56. The van der Waals surface area contributed by atoms with Gasteiger partial charge in [-0.3, -0.25) is 4.79 Å². The van der Waals surface area contributed by atoms with Crippen molar-refractivity contribution < 1.29 is 9.53 Å². The van der Waals surface area contributed by atoms with Gasteiger partial charge in [-0.2, -0.15) is 0 Å². The van der Waals surface area contributed by atoms with Gasteiger partial charge in [-0.1, -0.05) is 24.9 Å². The van der Waals surface area contributed by atoms with Gasteiger partial charge in [-0.15, -0.1) is 0 Å². The smallest absolute Gasteiger partial charge is 0.254 e. The molecule has 0 saturated carbocycles. The van der Waals surface area contributed by atoms with Gasteiger partial charge < -0.3 is 15.4 Å². The van der Waals surface area contributed by atoms with Gasteiger partial charge >= 0.3 is 0 Å². The summed E-state index contributed by atoms with van der Waals surface area (Å²) in [7, 11) is 1.57. The van der Waals surface area contributed by atoms with E-state index in [4.69, 9.17) is 16.3 Å². The SMILES string of the molecule is CCCCNC(=O)c1cnc(Nc2cc(Cl)ccc2OC)nc1. The molecular formula is C16H19ClN4O2. The van der Waals surface area contributed by atoms with E-state index in [1.54, 1.807) is 25.3 Å². The molecule has 0 aliphatic heterocycles. The van der Waals surface area contributed by atoms with Crippen molar-refractivity contribution in [3.8, 4) is 5.75 Å². The molecule has 0 unspecified atom stereocenters. The summed E-state index contributed by atoms with van der Waals surface area (Å²) in [5, 5.41) is 6.41. The van der Waals surface area contributed by atoms with Crippen LogP contribution in [0.15, 0.2) is 30.6 Å². The predicted octanol–water partition coefficient (Wildman–Crippen LogP) is 3.41. The molecule has 1 aromatic heterocycles. The number of hydrogen-bond acceptors (Lipinski definition) is 5. The Morgan fingerprint density at radius 2 is 2.04 bits per heavy atom. The Bertz CT molecular complexity index is 662. The van der Waals surface area contributed by atoms with Gasteiger partial charge in [0, 0.05) is 24.0 Å². The van der Waals surface area contributed by atoms with E-state index in [1.807, 2.05) is 0 Å². The van der Waals surface area contributed by atoms with E-state index in [1.165, 1.54) is 12.4 Å². The first-order chi connectivity index (χ1) is 11.1. The maximum Gasteiger partial charge on any atom is 0.254 e. The van der Waals surface area contributed by atoms with Crippen molar-refractivity contribution in [3.63, 3.8) is 0 Å². The van der Waals surface area contributed by atoms with E-state index in [-0.39, 0.29) is 5.91 Å². The summed E-state index contributed by atoms with van der Waals surface area (Å²) in [6, 6.07) is 5.20. The number of ether oxygens (including phenoxy) is 1. The molecule has 0 bridgehead atoms. The molecule has 23 heavy (non-hydrogen) atoms. The molecule has 2 rings (SSSR count). The first-order valence-electron chi connectivity index (χ1n) is 7.35. The number of anilines is 2. The Morgan fingerprint density at radius 1 is 1.30 bits per heavy atom. The molecule has 1 aromatic carbocycles. The molecule has 0 radical (unpaired) electrons. The minimum Gasteiger partial charge on any atom is -0.495 e. The van der Waals surface area contributed by atoms with Crippen LogP contribution in [0.1, 0.15) is 30.1 Å². The molecule has 0 aliphatic carbocycles. The van der Waals surface area contributed by atoms with Crippen LogP contribution in [0.3, 0.4) is 0 Å². The standard InChI is InChI=1S/C16H19ClN4O2/c1-3-4-7-18-15(22)11-9-19-16(20-10-11)21-13-8-12(17)5-6-14(13)23-2/h5-6,8-10H,3-4,7H2,1-2H3,(H,18,22)(H,19,20,21). The predicted molar refractivity (Wildman–Crippen MR) is 90.6 cm³/mol. The van der Waals surface area contributed by atoms with Crippen LogP contribution in [0.25, 0.3) is 0 Å². The average molecular weight is 335 g/mol. The molecule has 1 heterocycles. The van der Waals surface area contributed by atoms with E-state index in [9.17, 15) is 4.79 Å². The molecule has 7 heteroatoms. The molecule has 1 amide bonds. The summed E-state index contributed by atoms with van der Waals surface area (Å²) in [5.74, 6) is 0.806. The van der Waals surface area contributed by atoms with Crippen LogP contribution in [0.5, 0.6) is 5.75 Å². The molecule has 0 atom stereocenters. The zero-order valence-corrected chi connectivity index (χ0v) is 13.9. The van der Waals surface area contributed by atoms with Crippen molar-refractivity contribution in [3.05, 3.63) is 41.2 Å². The molecule has 0 aliphatic rings. The van der Waals surface area contributed by atoms with Crippen molar-refractivity contribution in [2.45, 2.75) is 19.8 Å². The highest BCUT2D eigenvalue weighted by atomic mass is 35.5. The van der Waals surface area contributed by atoms with Gasteiger partial charge in [-0.25, -0.2) is 9.97 Å². The summed E-state index contributed by atoms with van der Waals surface area (Å²) in [5.41, 5.74) is 1.07. The van der Waals surface area contributed by atoms with Gasteiger partial charge in [0.25, 0.3) is 5.91 Å². The number of aromatic nitrogens is 2. The number of nitrogens with one attached hydrogen (secondary N) is 2. The quantitative estimate of drug-likeness (QED) is 0.759. The van der Waals surface area contributed by atoms with E-state index < -0.39 is 0 Å². The Labute approximate surface area is 140 Å². The number of nitrogens with zero attached hydrogens (tertiary/aromatic N) is 2. The van der Waals surface area contributed by atoms with Crippen LogP contribution in [-0.4, -0.2) is 29.5 Å². The Balaban J connectivity index is 2.05. The topological polar surface area (TPSA) is 76.1 Å². The number of halogens is 1. The number of unbranched alkanes of at least 4 members (excludes halogenated alkanes) is 1. The van der Waals surface area contributed by atoms with Crippen LogP contribution in [-0.2, 0) is 0 Å². The first kappa shape index (κ1) is 17.0. The highest BCUT2D eigenvalue weighted by Crippen LogP contribution is 2.29. The van der Waals surface area contributed by atoms with Crippen LogP contribution >= 0.6 is 11.6 Å². The zero-order chi connectivity index (χ0) is 16.7. The normalized spacial score (nSPS) is 10.2. The second-order valence-electron chi connectivity index (χ2n) is 4.87. The highest BCUT2D eigenvalue weighted by molar-refractivity contribution is 6.31. The number of amides is 1. The summed E-state index contributed by atoms with van der Waals surface area (Å²) in [6.45, 7) is 2.72. The highest BCUT2D eigenvalue weighted by Gasteiger charge is 2.09. The maximum atomic E-state index is 11.9. The zero-order valence-electron chi connectivity index (χ0n) is 13.1. The fraction of sp³-hybridized carbons (Fsp3) is 0.312. The van der Waals surface area contributed by atoms with Crippen molar-refractivity contribution >= 4 is 29.1 Å². The van der Waals surface area contributed by atoms with Gasteiger partial charge in [0.05, 0.1) is 18.4 Å². The lowest BCUT2D eigenvalue weighted by Crippen LogP contribution is -2.24. The molecule has 0 saturated heterocycles. The molecule has 2 N–H and O–H groups in total. The Kier molecular flexibility index (Phi) is 6.17. The molecule has 0 spiro atoms. The van der Waals surface area contributed by atoms with Crippen molar-refractivity contribution in [1.29, 1.82) is 0 Å². The largest absolute Gasteiger partial charge is 0.495 e. The fourth-order valence-corrected chi connectivity index (χ4v) is 2.06. The van der Waals surface area contributed by atoms with E-state index >= 15 is 0 Å². The Hall–Kier alpha value is -2.34. The van der Waals surface area contributed by atoms with Crippen LogP contribution < -0.4 is 15.4 Å². The lowest BCUT2D eigenvalue weighted by Gasteiger charge is -2.10. The summed E-state index contributed by atoms with van der Waals surface area (Å²) in [4.78, 5) is 20.2. The minimum atomic E-state index is -0.176. The summed E-state index contributed by atoms with van der Waals surface area (Å²) < 4.78 is 5.25. The number of methoxy groups -OCH3 is 1. The van der Waals surface area contributed by atoms with E-state index in [0.29, 0.717) is 34.5 Å². The number of benzene rings is 1. The van der Waals surface area contributed by atoms with Crippen LogP contribution in [0.2, 0.25) is 5.02 Å². The van der Waals surface area contributed by atoms with Crippen molar-refractivity contribution in [1.82, 2.24) is 15.3 Å². The van der Waals surface area contributed by atoms with Gasteiger partial charge in [0.15, 0.2) is 0 Å². The lowest BCUT2D eigenvalue weighted by atomic mass is 10.3. The molecule has 2 aromatic rings. The van der Waals surface area contributed by atoms with E-state index in [2.05, 4.69) is 27.5 Å². The first-order valence-corrected chi connectivity index (χ1v) is 7.72. The summed E-state index contributed by atoms with van der Waals surface area (Å²) in [6.07, 6.45) is 4.93. The molecular weight excluding hydrogens is 316 g/mol. The maximum absolute atomic E-state index is 11.9. The number of rotatable bonds is 7. The van der Waals surface area contributed by atoms with Gasteiger partial charge in [0.2, 0.25) is 5.95 Å². The van der Waals surface area contributed by atoms with Gasteiger partial charge in [0.1, 0.15) is 5.75 Å². The molecule has 0 fully saturated rings. The second kappa shape index (κ2) is 8.33. The van der Waals surface area contributed by atoms with Gasteiger partial charge in [-0.05, 0) is 24.6 Å². The third kappa shape index (κ3) is 4.82. The van der Waals surface area contributed by atoms with Crippen molar-refractivity contribution in [2.75, 3.05) is 19.0 Å². The van der Waals surface area contributed by atoms with Crippen molar-refractivity contribution in [2.24, 2.45) is 0 Å².